The first-order valence-electron chi connectivity index (χ1n) is 5.83. The van der Waals surface area contributed by atoms with Crippen molar-refractivity contribution in [2.24, 2.45) is 0 Å². The Balaban J connectivity index is 2.50. The van der Waals surface area contributed by atoms with Crippen LogP contribution in [-0.2, 0) is 4.74 Å². The minimum Gasteiger partial charge on any atom is -0.489 e. The maximum atomic E-state index is 13.5. The number of nitrogens with zero attached hydrogens (tertiary/aromatic N) is 1. The predicted octanol–water partition coefficient (Wildman–Crippen LogP) is 1.73. The zero-order valence-electron chi connectivity index (χ0n) is 11.0. The van der Waals surface area contributed by atoms with Crippen molar-refractivity contribution in [2.45, 2.75) is 0 Å². The van der Waals surface area contributed by atoms with Crippen molar-refractivity contribution in [2.75, 3.05) is 40.5 Å². The number of hydrogen-bond acceptors (Lipinski definition) is 4. The third kappa shape index (κ3) is 4.57. The van der Waals surface area contributed by atoms with Gasteiger partial charge in [0.1, 0.15) is 6.61 Å². The minimum atomic E-state index is -1.18. The molecule has 1 rings (SSSR count). The maximum absolute atomic E-state index is 13.5. The molecule has 0 aliphatic heterocycles. The van der Waals surface area contributed by atoms with Crippen molar-refractivity contribution in [3.63, 3.8) is 0 Å². The predicted molar refractivity (Wildman–Crippen MR) is 66.6 cm³/mol. The molecule has 0 aliphatic carbocycles. The van der Waals surface area contributed by atoms with E-state index in [4.69, 9.17) is 9.47 Å². The normalized spacial score (nSPS) is 10.8. The summed E-state index contributed by atoms with van der Waals surface area (Å²) in [6, 6.07) is 2.44. The molecular weight excluding hydrogens is 256 g/mol. The first kappa shape index (κ1) is 15.5. The van der Waals surface area contributed by atoms with Gasteiger partial charge in [-0.1, -0.05) is 0 Å². The number of carbonyl (C=O) groups excluding carboxylic acids is 1. The number of benzene rings is 1. The summed E-state index contributed by atoms with van der Waals surface area (Å²) in [7, 11) is 3.48. The topological polar surface area (TPSA) is 38.8 Å². The quantitative estimate of drug-likeness (QED) is 0.676. The van der Waals surface area contributed by atoms with E-state index in [0.29, 0.717) is 13.2 Å². The zero-order chi connectivity index (χ0) is 14.3. The first-order valence-corrected chi connectivity index (χ1v) is 5.83. The lowest BCUT2D eigenvalue weighted by Gasteiger charge is -2.16. The number of methoxy groups -OCH3 is 1. The van der Waals surface area contributed by atoms with E-state index in [9.17, 15) is 13.6 Å². The minimum absolute atomic E-state index is 0.191. The fourth-order valence-electron chi connectivity index (χ4n) is 1.42. The van der Waals surface area contributed by atoms with Gasteiger partial charge >= 0.3 is 0 Å². The van der Waals surface area contributed by atoms with Crippen LogP contribution in [0.2, 0.25) is 0 Å². The zero-order valence-corrected chi connectivity index (χ0v) is 11.0. The van der Waals surface area contributed by atoms with E-state index in [1.165, 1.54) is 12.1 Å². The van der Waals surface area contributed by atoms with Crippen LogP contribution in [0.4, 0.5) is 8.78 Å². The highest BCUT2D eigenvalue weighted by atomic mass is 19.2. The Hall–Kier alpha value is -1.53. The van der Waals surface area contributed by atoms with E-state index < -0.39 is 11.6 Å². The first-order chi connectivity index (χ1) is 9.10. The van der Waals surface area contributed by atoms with Gasteiger partial charge in [-0.05, 0) is 19.2 Å². The summed E-state index contributed by atoms with van der Waals surface area (Å²) in [5, 5.41) is 0. The van der Waals surface area contributed by atoms with Crippen LogP contribution in [0.1, 0.15) is 10.4 Å². The van der Waals surface area contributed by atoms with E-state index >= 15 is 0 Å². The van der Waals surface area contributed by atoms with Crippen molar-refractivity contribution in [1.29, 1.82) is 0 Å². The molecule has 0 saturated heterocycles. The number of halogens is 2. The van der Waals surface area contributed by atoms with Gasteiger partial charge in [0.15, 0.2) is 17.9 Å². The SMILES string of the molecule is COCCN(C)CCOc1ccc(C=O)c(F)c1F. The fraction of sp³-hybridized carbons (Fsp3) is 0.462. The summed E-state index contributed by atoms with van der Waals surface area (Å²) >= 11 is 0. The second-order valence-electron chi connectivity index (χ2n) is 4.04. The highest BCUT2D eigenvalue weighted by Crippen LogP contribution is 2.21. The Bertz CT molecular complexity index is 427. The second kappa shape index (κ2) is 7.81. The van der Waals surface area contributed by atoms with E-state index in [1.807, 2.05) is 11.9 Å². The van der Waals surface area contributed by atoms with E-state index in [1.54, 1.807) is 7.11 Å². The molecule has 0 N–H and O–H groups in total. The van der Waals surface area contributed by atoms with Crippen LogP contribution >= 0.6 is 0 Å². The molecule has 0 spiro atoms. The van der Waals surface area contributed by atoms with Crippen LogP contribution in [-0.4, -0.2) is 51.6 Å². The fourth-order valence-corrected chi connectivity index (χ4v) is 1.42. The highest BCUT2D eigenvalue weighted by molar-refractivity contribution is 5.75. The lowest BCUT2D eigenvalue weighted by Crippen LogP contribution is -2.27. The van der Waals surface area contributed by atoms with Gasteiger partial charge in [0, 0.05) is 20.2 Å². The van der Waals surface area contributed by atoms with Gasteiger partial charge < -0.3 is 14.4 Å². The molecule has 106 valence electrons. The summed E-state index contributed by atoms with van der Waals surface area (Å²) in [4.78, 5) is 12.4. The maximum Gasteiger partial charge on any atom is 0.201 e. The Kier molecular flexibility index (Phi) is 6.38. The molecule has 0 atom stereocenters. The molecular formula is C13H17F2NO3. The van der Waals surface area contributed by atoms with Gasteiger partial charge in [-0.3, -0.25) is 4.79 Å². The smallest absolute Gasteiger partial charge is 0.201 e. The molecule has 1 aromatic carbocycles. The summed E-state index contributed by atoms with van der Waals surface area (Å²) in [5.41, 5.74) is -0.318. The van der Waals surface area contributed by atoms with Crippen molar-refractivity contribution in [3.8, 4) is 5.75 Å². The Morgan fingerprint density at radius 3 is 2.53 bits per heavy atom. The van der Waals surface area contributed by atoms with Crippen molar-refractivity contribution < 1.29 is 23.0 Å². The number of hydrogen-bond donors (Lipinski definition) is 0. The van der Waals surface area contributed by atoms with Gasteiger partial charge in [0.25, 0.3) is 0 Å². The Morgan fingerprint density at radius 2 is 1.89 bits per heavy atom. The van der Waals surface area contributed by atoms with Crippen molar-refractivity contribution in [1.82, 2.24) is 4.90 Å². The number of aldehydes is 1. The van der Waals surface area contributed by atoms with E-state index in [0.717, 1.165) is 6.54 Å². The van der Waals surface area contributed by atoms with Crippen LogP contribution in [0, 0.1) is 11.6 Å². The van der Waals surface area contributed by atoms with Gasteiger partial charge in [0.2, 0.25) is 5.82 Å². The molecule has 0 aromatic heterocycles. The molecule has 0 unspecified atom stereocenters. The molecule has 0 fully saturated rings. The molecule has 0 heterocycles. The summed E-state index contributed by atoms with van der Waals surface area (Å²) in [6.45, 7) is 2.09. The summed E-state index contributed by atoms with van der Waals surface area (Å²) in [5.74, 6) is -2.51. The highest BCUT2D eigenvalue weighted by Gasteiger charge is 2.14. The van der Waals surface area contributed by atoms with Gasteiger partial charge in [0.05, 0.1) is 12.2 Å². The second-order valence-corrected chi connectivity index (χ2v) is 4.04. The van der Waals surface area contributed by atoms with E-state index in [2.05, 4.69) is 0 Å². The van der Waals surface area contributed by atoms with E-state index in [-0.39, 0.29) is 24.2 Å². The largest absolute Gasteiger partial charge is 0.489 e. The molecule has 0 aliphatic rings. The number of likely N-dealkylation sites (N-methyl/N-ethyl adjacent to an activating group) is 1. The van der Waals surface area contributed by atoms with Gasteiger partial charge in [-0.25, -0.2) is 4.39 Å². The average Bonchev–Trinajstić information content (AvgIpc) is 2.41. The molecule has 6 heteroatoms. The van der Waals surface area contributed by atoms with Crippen LogP contribution < -0.4 is 4.74 Å². The van der Waals surface area contributed by atoms with Gasteiger partial charge in [-0.15, -0.1) is 0 Å². The Morgan fingerprint density at radius 1 is 1.21 bits per heavy atom. The summed E-state index contributed by atoms with van der Waals surface area (Å²) < 4.78 is 36.9. The molecule has 4 nitrogen and oxygen atoms in total. The lowest BCUT2D eigenvalue weighted by atomic mass is 10.2. The van der Waals surface area contributed by atoms with Crippen LogP contribution in [0.3, 0.4) is 0 Å². The average molecular weight is 273 g/mol. The molecule has 1 aromatic rings. The Labute approximate surface area is 110 Å². The number of rotatable bonds is 8. The van der Waals surface area contributed by atoms with Crippen molar-refractivity contribution in [3.05, 3.63) is 29.3 Å². The van der Waals surface area contributed by atoms with Gasteiger partial charge in [-0.2, -0.15) is 4.39 Å². The van der Waals surface area contributed by atoms with Crippen LogP contribution in [0.15, 0.2) is 12.1 Å². The monoisotopic (exact) mass is 273 g/mol. The third-order valence-corrected chi connectivity index (χ3v) is 2.61. The molecule has 0 bridgehead atoms. The standard InChI is InChI=1S/C13H17F2NO3/c1-16(5-7-18-2)6-8-19-11-4-3-10(9-17)12(14)13(11)15/h3-4,9H,5-8H2,1-2H3. The summed E-state index contributed by atoms with van der Waals surface area (Å²) in [6.07, 6.45) is 0.265. The third-order valence-electron chi connectivity index (χ3n) is 2.61. The number of carbonyl (C=O) groups is 1. The molecule has 0 saturated carbocycles. The molecule has 0 radical (unpaired) electrons. The van der Waals surface area contributed by atoms with Crippen molar-refractivity contribution >= 4 is 6.29 Å². The van der Waals surface area contributed by atoms with Crippen LogP contribution in [0.25, 0.3) is 0 Å². The van der Waals surface area contributed by atoms with Crippen LogP contribution in [0.5, 0.6) is 5.75 Å². The lowest BCUT2D eigenvalue weighted by molar-refractivity contribution is 0.111. The number of ether oxygens (including phenoxy) is 2. The molecule has 19 heavy (non-hydrogen) atoms. The molecule has 0 amide bonds.